The van der Waals surface area contributed by atoms with Gasteiger partial charge in [-0.05, 0) is 18.6 Å². The number of carbonyl (C=O) groups is 2. The van der Waals surface area contributed by atoms with E-state index in [0.29, 0.717) is 11.5 Å². The van der Waals surface area contributed by atoms with Crippen molar-refractivity contribution < 1.29 is 28.5 Å². The van der Waals surface area contributed by atoms with Gasteiger partial charge in [-0.25, -0.2) is 9.59 Å². The first kappa shape index (κ1) is 18.3. The highest BCUT2D eigenvalue weighted by atomic mass is 16.7. The van der Waals surface area contributed by atoms with Crippen LogP contribution >= 0.6 is 0 Å². The summed E-state index contributed by atoms with van der Waals surface area (Å²) in [5.41, 5.74) is 0.770. The first-order valence-electron chi connectivity index (χ1n) is 6.96. The monoisotopic (exact) mass is 320 g/mol. The predicted octanol–water partition coefficient (Wildman–Crippen LogP) is 2.90. The molecule has 0 heterocycles. The van der Waals surface area contributed by atoms with Gasteiger partial charge in [0.2, 0.25) is 12.6 Å². The van der Waals surface area contributed by atoms with Gasteiger partial charge < -0.3 is 18.9 Å². The molecule has 0 radical (unpaired) electrons. The molecule has 2 atom stereocenters. The minimum absolute atomic E-state index is 0.357. The summed E-state index contributed by atoms with van der Waals surface area (Å²) in [6.07, 6.45) is 0.418. The molecule has 124 valence electrons. The van der Waals surface area contributed by atoms with Crippen molar-refractivity contribution in [3.05, 3.63) is 49.1 Å². The van der Waals surface area contributed by atoms with Crippen molar-refractivity contribution in [2.75, 3.05) is 0 Å². The van der Waals surface area contributed by atoms with Gasteiger partial charge in [0.15, 0.2) is 11.5 Å². The second-order valence-corrected chi connectivity index (χ2v) is 4.56. The Morgan fingerprint density at radius 1 is 1.00 bits per heavy atom. The molecule has 1 aromatic carbocycles. The molecule has 23 heavy (non-hydrogen) atoms. The molecule has 0 aliphatic rings. The van der Waals surface area contributed by atoms with Gasteiger partial charge in [0, 0.05) is 26.0 Å². The zero-order valence-electron chi connectivity index (χ0n) is 13.4. The summed E-state index contributed by atoms with van der Waals surface area (Å²) < 4.78 is 21.1. The molecule has 0 N–H and O–H groups in total. The molecule has 0 bridgehead atoms. The molecule has 0 amide bonds. The molecule has 0 spiro atoms. The Morgan fingerprint density at radius 2 is 1.52 bits per heavy atom. The Labute approximate surface area is 135 Å². The van der Waals surface area contributed by atoms with E-state index in [1.807, 2.05) is 13.0 Å². The second kappa shape index (κ2) is 8.63. The van der Waals surface area contributed by atoms with Gasteiger partial charge in [-0.3, -0.25) is 0 Å². The number of benzene rings is 1. The molecule has 0 aromatic heterocycles. The number of rotatable bonds is 8. The van der Waals surface area contributed by atoms with Crippen molar-refractivity contribution in [1.82, 2.24) is 0 Å². The number of ether oxygens (including phenoxy) is 4. The van der Waals surface area contributed by atoms with Crippen LogP contribution in [0.4, 0.5) is 0 Å². The molecule has 0 aliphatic heterocycles. The van der Waals surface area contributed by atoms with Gasteiger partial charge in [-0.15, -0.1) is 0 Å². The van der Waals surface area contributed by atoms with Gasteiger partial charge in [0.05, 0.1) is 0 Å². The summed E-state index contributed by atoms with van der Waals surface area (Å²) in [5, 5.41) is 0. The van der Waals surface area contributed by atoms with E-state index in [-0.39, 0.29) is 0 Å². The van der Waals surface area contributed by atoms with E-state index < -0.39 is 24.5 Å². The minimum Gasteiger partial charge on any atom is -0.451 e. The highest BCUT2D eigenvalue weighted by Gasteiger charge is 2.17. The Morgan fingerprint density at radius 3 is 2.04 bits per heavy atom. The fourth-order valence-corrected chi connectivity index (χ4v) is 1.69. The summed E-state index contributed by atoms with van der Waals surface area (Å²) in [4.78, 5) is 22.4. The van der Waals surface area contributed by atoms with Gasteiger partial charge in [-0.1, -0.05) is 25.3 Å². The van der Waals surface area contributed by atoms with Crippen molar-refractivity contribution >= 4 is 11.9 Å². The average molecular weight is 320 g/mol. The van der Waals surface area contributed by atoms with Crippen LogP contribution in [-0.2, 0) is 19.1 Å². The second-order valence-electron chi connectivity index (χ2n) is 4.56. The first-order valence-corrected chi connectivity index (χ1v) is 6.96. The molecule has 0 aliphatic carbocycles. The van der Waals surface area contributed by atoms with Crippen LogP contribution in [0.2, 0.25) is 0 Å². The number of para-hydroxylation sites is 1. The van der Waals surface area contributed by atoms with E-state index in [1.54, 1.807) is 26.0 Å². The van der Waals surface area contributed by atoms with Crippen molar-refractivity contribution in [2.24, 2.45) is 0 Å². The van der Waals surface area contributed by atoms with Crippen LogP contribution < -0.4 is 9.47 Å². The van der Waals surface area contributed by atoms with E-state index in [1.165, 1.54) is 0 Å². The number of aryl methyl sites for hydroxylation is 1. The van der Waals surface area contributed by atoms with Crippen molar-refractivity contribution in [3.8, 4) is 11.5 Å². The third kappa shape index (κ3) is 5.86. The lowest BCUT2D eigenvalue weighted by atomic mass is 10.2. The third-order valence-corrected chi connectivity index (χ3v) is 2.65. The van der Waals surface area contributed by atoms with E-state index in [2.05, 4.69) is 13.2 Å². The topological polar surface area (TPSA) is 71.1 Å². The lowest BCUT2D eigenvalue weighted by molar-refractivity contribution is -0.158. The van der Waals surface area contributed by atoms with E-state index in [4.69, 9.17) is 18.9 Å². The fourth-order valence-electron chi connectivity index (χ4n) is 1.69. The van der Waals surface area contributed by atoms with Crippen LogP contribution in [-0.4, -0.2) is 24.5 Å². The number of hydrogen-bond acceptors (Lipinski definition) is 6. The molecule has 0 saturated carbocycles. The molecule has 2 unspecified atom stereocenters. The third-order valence-electron chi connectivity index (χ3n) is 2.65. The van der Waals surface area contributed by atoms with Crippen LogP contribution in [0.3, 0.4) is 0 Å². The summed E-state index contributed by atoms with van der Waals surface area (Å²) in [6.45, 7) is 11.6. The molecule has 0 fully saturated rings. The summed E-state index contributed by atoms with van der Waals surface area (Å²) in [7, 11) is 0. The summed E-state index contributed by atoms with van der Waals surface area (Å²) in [6, 6.07) is 5.23. The molecular formula is C17H20O6. The Bertz CT molecular complexity index is 593. The van der Waals surface area contributed by atoms with Gasteiger partial charge in [-0.2, -0.15) is 0 Å². The molecular weight excluding hydrogens is 300 g/mol. The van der Waals surface area contributed by atoms with E-state index in [0.717, 1.165) is 17.7 Å². The zero-order chi connectivity index (χ0) is 17.4. The van der Waals surface area contributed by atoms with Crippen LogP contribution in [0.25, 0.3) is 0 Å². The summed E-state index contributed by atoms with van der Waals surface area (Å²) in [5.74, 6) is -0.447. The van der Waals surface area contributed by atoms with Gasteiger partial charge >= 0.3 is 11.9 Å². The maximum Gasteiger partial charge on any atom is 0.333 e. The smallest absolute Gasteiger partial charge is 0.333 e. The summed E-state index contributed by atoms with van der Waals surface area (Å²) >= 11 is 0. The minimum atomic E-state index is -0.838. The van der Waals surface area contributed by atoms with Crippen LogP contribution in [0.5, 0.6) is 11.5 Å². The van der Waals surface area contributed by atoms with Crippen molar-refractivity contribution in [3.63, 3.8) is 0 Å². The fraction of sp³-hybridized carbons (Fsp3) is 0.294. The average Bonchev–Trinajstić information content (AvgIpc) is 2.50. The molecule has 1 rings (SSSR count). The van der Waals surface area contributed by atoms with Crippen molar-refractivity contribution in [1.29, 1.82) is 0 Å². The van der Waals surface area contributed by atoms with E-state index in [9.17, 15) is 9.59 Å². The first-order chi connectivity index (χ1) is 10.9. The maximum absolute atomic E-state index is 11.2. The standard InChI is InChI=1S/C17H20O6/c1-6-15(18)21-12(4)20-14-10-8-9-11(3)17(14)23-13(5)22-16(19)7-2/h6-10,12-13H,1-2H2,3-5H3. The SMILES string of the molecule is C=CC(=O)OC(C)Oc1cccc(C)c1OC(C)OC(=O)C=C. The van der Waals surface area contributed by atoms with Crippen molar-refractivity contribution in [2.45, 2.75) is 33.4 Å². The Hall–Kier alpha value is -2.76. The lowest BCUT2D eigenvalue weighted by Crippen LogP contribution is -2.22. The Balaban J connectivity index is 2.86. The predicted molar refractivity (Wildman–Crippen MR) is 83.9 cm³/mol. The highest BCUT2D eigenvalue weighted by Crippen LogP contribution is 2.32. The van der Waals surface area contributed by atoms with Crippen LogP contribution in [0, 0.1) is 6.92 Å². The lowest BCUT2D eigenvalue weighted by Gasteiger charge is -2.21. The van der Waals surface area contributed by atoms with Crippen LogP contribution in [0.1, 0.15) is 19.4 Å². The molecule has 1 aromatic rings. The Kier molecular flexibility index (Phi) is 6.86. The molecule has 6 nitrogen and oxygen atoms in total. The largest absolute Gasteiger partial charge is 0.451 e. The zero-order valence-corrected chi connectivity index (χ0v) is 13.4. The number of carbonyl (C=O) groups excluding carboxylic acids is 2. The number of hydrogen-bond donors (Lipinski definition) is 0. The van der Waals surface area contributed by atoms with Gasteiger partial charge in [0.1, 0.15) is 0 Å². The quantitative estimate of drug-likeness (QED) is 0.417. The number of esters is 2. The van der Waals surface area contributed by atoms with Gasteiger partial charge in [0.25, 0.3) is 0 Å². The van der Waals surface area contributed by atoms with E-state index >= 15 is 0 Å². The molecule has 6 heteroatoms. The maximum atomic E-state index is 11.2. The molecule has 0 saturated heterocycles. The highest BCUT2D eigenvalue weighted by molar-refractivity contribution is 5.81. The normalized spacial score (nSPS) is 12.5. The van der Waals surface area contributed by atoms with Crippen LogP contribution in [0.15, 0.2) is 43.5 Å².